The Balaban J connectivity index is 1.79. The standard InChI is InChI=1S/C18H16FN3O/c1-22(2)18-20-12-11-17(21-18)13-3-7-15(8-4-13)23-16-9-5-14(19)6-10-16/h3-12H,1-2H3. The van der Waals surface area contributed by atoms with Crippen molar-refractivity contribution in [3.63, 3.8) is 0 Å². The lowest BCUT2D eigenvalue weighted by atomic mass is 10.1. The second-order valence-corrected chi connectivity index (χ2v) is 5.22. The molecule has 0 aliphatic heterocycles. The molecule has 2 aromatic carbocycles. The van der Waals surface area contributed by atoms with Gasteiger partial charge in [-0.2, -0.15) is 0 Å². The van der Waals surface area contributed by atoms with E-state index in [2.05, 4.69) is 9.97 Å². The molecule has 0 amide bonds. The van der Waals surface area contributed by atoms with Crippen molar-refractivity contribution in [1.82, 2.24) is 9.97 Å². The number of aromatic nitrogens is 2. The van der Waals surface area contributed by atoms with E-state index in [0.717, 1.165) is 11.3 Å². The van der Waals surface area contributed by atoms with Gasteiger partial charge in [0.1, 0.15) is 17.3 Å². The van der Waals surface area contributed by atoms with E-state index >= 15 is 0 Å². The van der Waals surface area contributed by atoms with Gasteiger partial charge in [0.15, 0.2) is 0 Å². The van der Waals surface area contributed by atoms with E-state index in [1.165, 1.54) is 12.1 Å². The zero-order valence-electron chi connectivity index (χ0n) is 12.9. The predicted octanol–water partition coefficient (Wildman–Crippen LogP) is 4.14. The highest BCUT2D eigenvalue weighted by atomic mass is 19.1. The number of rotatable bonds is 4. The highest BCUT2D eigenvalue weighted by Gasteiger charge is 2.05. The number of halogens is 1. The Kier molecular flexibility index (Phi) is 4.19. The molecular formula is C18H16FN3O. The molecule has 3 rings (SSSR count). The molecule has 1 heterocycles. The quantitative estimate of drug-likeness (QED) is 0.726. The van der Waals surface area contributed by atoms with E-state index in [1.807, 2.05) is 49.3 Å². The molecule has 0 radical (unpaired) electrons. The lowest BCUT2D eigenvalue weighted by Crippen LogP contribution is -2.12. The Morgan fingerprint density at radius 2 is 1.48 bits per heavy atom. The number of anilines is 1. The average molecular weight is 309 g/mol. The molecule has 4 nitrogen and oxygen atoms in total. The Morgan fingerprint density at radius 3 is 2.09 bits per heavy atom. The van der Waals surface area contributed by atoms with Gasteiger partial charge in [-0.3, -0.25) is 0 Å². The molecule has 0 fully saturated rings. The van der Waals surface area contributed by atoms with Gasteiger partial charge in [-0.15, -0.1) is 0 Å². The van der Waals surface area contributed by atoms with Gasteiger partial charge in [0, 0.05) is 25.9 Å². The Bertz CT molecular complexity index is 786. The topological polar surface area (TPSA) is 38.2 Å². The molecule has 23 heavy (non-hydrogen) atoms. The van der Waals surface area contributed by atoms with Crippen LogP contribution in [-0.4, -0.2) is 24.1 Å². The van der Waals surface area contributed by atoms with Crippen LogP contribution in [0.1, 0.15) is 0 Å². The normalized spacial score (nSPS) is 10.4. The first-order chi connectivity index (χ1) is 11.1. The average Bonchev–Trinajstić information content (AvgIpc) is 2.58. The van der Waals surface area contributed by atoms with Gasteiger partial charge >= 0.3 is 0 Å². The number of ether oxygens (including phenoxy) is 1. The maximum Gasteiger partial charge on any atom is 0.225 e. The lowest BCUT2D eigenvalue weighted by molar-refractivity contribution is 0.480. The minimum atomic E-state index is -0.284. The van der Waals surface area contributed by atoms with Crippen LogP contribution in [0.5, 0.6) is 11.5 Å². The van der Waals surface area contributed by atoms with E-state index in [9.17, 15) is 4.39 Å². The summed E-state index contributed by atoms with van der Waals surface area (Å²) in [6.07, 6.45) is 1.74. The zero-order chi connectivity index (χ0) is 16.2. The molecule has 0 saturated heterocycles. The van der Waals surface area contributed by atoms with Crippen LogP contribution < -0.4 is 9.64 Å². The van der Waals surface area contributed by atoms with Crippen molar-refractivity contribution in [3.05, 3.63) is 66.6 Å². The van der Waals surface area contributed by atoms with Gasteiger partial charge < -0.3 is 9.64 Å². The summed E-state index contributed by atoms with van der Waals surface area (Å²) in [4.78, 5) is 10.6. The van der Waals surface area contributed by atoms with Crippen LogP contribution >= 0.6 is 0 Å². The summed E-state index contributed by atoms with van der Waals surface area (Å²) in [5, 5.41) is 0. The Morgan fingerprint density at radius 1 is 0.870 bits per heavy atom. The molecule has 0 spiro atoms. The van der Waals surface area contributed by atoms with Crippen molar-refractivity contribution in [2.75, 3.05) is 19.0 Å². The summed E-state index contributed by atoms with van der Waals surface area (Å²) < 4.78 is 18.6. The molecule has 1 aromatic heterocycles. The number of hydrogen-bond donors (Lipinski definition) is 0. The fourth-order valence-corrected chi connectivity index (χ4v) is 2.06. The summed E-state index contributed by atoms with van der Waals surface area (Å²) >= 11 is 0. The molecule has 0 aliphatic rings. The minimum absolute atomic E-state index is 0.284. The molecular weight excluding hydrogens is 293 g/mol. The SMILES string of the molecule is CN(C)c1nccc(-c2ccc(Oc3ccc(F)cc3)cc2)n1. The van der Waals surface area contributed by atoms with Crippen LogP contribution in [0.15, 0.2) is 60.8 Å². The highest BCUT2D eigenvalue weighted by molar-refractivity contribution is 5.61. The lowest BCUT2D eigenvalue weighted by Gasteiger charge is -2.11. The van der Waals surface area contributed by atoms with Gasteiger partial charge in [0.2, 0.25) is 5.95 Å². The van der Waals surface area contributed by atoms with Gasteiger partial charge in [-0.25, -0.2) is 14.4 Å². The third kappa shape index (κ3) is 3.63. The molecule has 0 atom stereocenters. The Labute approximate surface area is 134 Å². The highest BCUT2D eigenvalue weighted by Crippen LogP contribution is 2.25. The maximum atomic E-state index is 12.9. The number of nitrogens with zero attached hydrogens (tertiary/aromatic N) is 3. The molecule has 0 saturated carbocycles. The molecule has 0 aliphatic carbocycles. The van der Waals surface area contributed by atoms with Crippen LogP contribution in [0.25, 0.3) is 11.3 Å². The van der Waals surface area contributed by atoms with E-state index < -0.39 is 0 Å². The van der Waals surface area contributed by atoms with Gasteiger partial charge in [0.25, 0.3) is 0 Å². The van der Waals surface area contributed by atoms with Crippen molar-refractivity contribution in [1.29, 1.82) is 0 Å². The first kappa shape index (κ1) is 15.0. The van der Waals surface area contributed by atoms with Gasteiger partial charge in [-0.1, -0.05) is 0 Å². The number of hydrogen-bond acceptors (Lipinski definition) is 4. The summed E-state index contributed by atoms with van der Waals surface area (Å²) in [7, 11) is 3.80. The first-order valence-electron chi connectivity index (χ1n) is 7.16. The smallest absolute Gasteiger partial charge is 0.225 e. The molecule has 0 bridgehead atoms. The monoisotopic (exact) mass is 309 g/mol. The van der Waals surface area contributed by atoms with Crippen LogP contribution in [0, 0.1) is 5.82 Å². The largest absolute Gasteiger partial charge is 0.457 e. The van der Waals surface area contributed by atoms with Gasteiger partial charge in [0.05, 0.1) is 5.69 Å². The fourth-order valence-electron chi connectivity index (χ4n) is 2.06. The molecule has 0 unspecified atom stereocenters. The number of benzene rings is 2. The van der Waals surface area contributed by atoms with Crippen LogP contribution in [-0.2, 0) is 0 Å². The van der Waals surface area contributed by atoms with Crippen molar-refractivity contribution in [2.45, 2.75) is 0 Å². The van der Waals surface area contributed by atoms with Crippen molar-refractivity contribution >= 4 is 5.95 Å². The fraction of sp³-hybridized carbons (Fsp3) is 0.111. The Hall–Kier alpha value is -2.95. The second kappa shape index (κ2) is 6.44. The van der Waals surface area contributed by atoms with Crippen molar-refractivity contribution in [3.8, 4) is 22.8 Å². The van der Waals surface area contributed by atoms with Gasteiger partial charge in [-0.05, 0) is 54.6 Å². The maximum absolute atomic E-state index is 12.9. The summed E-state index contributed by atoms with van der Waals surface area (Å²) in [6.45, 7) is 0. The van der Waals surface area contributed by atoms with Crippen molar-refractivity contribution in [2.24, 2.45) is 0 Å². The van der Waals surface area contributed by atoms with E-state index in [1.54, 1.807) is 18.3 Å². The van der Waals surface area contributed by atoms with E-state index in [0.29, 0.717) is 17.4 Å². The summed E-state index contributed by atoms with van der Waals surface area (Å²) in [5.74, 6) is 1.65. The summed E-state index contributed by atoms with van der Waals surface area (Å²) in [5.41, 5.74) is 1.82. The molecule has 3 aromatic rings. The van der Waals surface area contributed by atoms with Crippen LogP contribution in [0.4, 0.5) is 10.3 Å². The second-order valence-electron chi connectivity index (χ2n) is 5.22. The van der Waals surface area contributed by atoms with E-state index in [4.69, 9.17) is 4.74 Å². The third-order valence-corrected chi connectivity index (χ3v) is 3.24. The zero-order valence-corrected chi connectivity index (χ0v) is 12.9. The van der Waals surface area contributed by atoms with E-state index in [-0.39, 0.29) is 5.82 Å². The molecule has 0 N–H and O–H groups in total. The van der Waals surface area contributed by atoms with Crippen LogP contribution in [0.3, 0.4) is 0 Å². The molecule has 5 heteroatoms. The minimum Gasteiger partial charge on any atom is -0.457 e. The predicted molar refractivity (Wildman–Crippen MR) is 88.3 cm³/mol. The van der Waals surface area contributed by atoms with Crippen LogP contribution in [0.2, 0.25) is 0 Å². The molecule has 116 valence electrons. The van der Waals surface area contributed by atoms with Crippen molar-refractivity contribution < 1.29 is 9.13 Å². The first-order valence-corrected chi connectivity index (χ1v) is 7.16. The summed E-state index contributed by atoms with van der Waals surface area (Å²) in [6, 6.07) is 15.4. The third-order valence-electron chi connectivity index (χ3n) is 3.24.